The molecular formula is C27H44N2O5S. The van der Waals surface area contributed by atoms with E-state index in [0.717, 1.165) is 35.5 Å². The van der Waals surface area contributed by atoms with E-state index in [1.165, 1.54) is 0 Å². The monoisotopic (exact) mass is 508 g/mol. The highest BCUT2D eigenvalue weighted by molar-refractivity contribution is 7.09. The molecule has 0 aromatic carbocycles. The Balaban J connectivity index is 2.33. The van der Waals surface area contributed by atoms with Gasteiger partial charge < -0.3 is 20.6 Å². The average molecular weight is 509 g/mol. The number of aliphatic hydroxyl groups is 3. The lowest BCUT2D eigenvalue weighted by Crippen LogP contribution is -2.47. The van der Waals surface area contributed by atoms with E-state index in [0.29, 0.717) is 6.42 Å². The van der Waals surface area contributed by atoms with Crippen molar-refractivity contribution in [3.05, 3.63) is 21.7 Å². The van der Waals surface area contributed by atoms with Gasteiger partial charge in [-0.1, -0.05) is 41.0 Å². The number of hydrogen-bond donors (Lipinski definition) is 4. The Labute approximate surface area is 214 Å². The van der Waals surface area contributed by atoms with Crippen molar-refractivity contribution in [2.45, 2.75) is 105 Å². The van der Waals surface area contributed by atoms with Gasteiger partial charge in [0.1, 0.15) is 5.78 Å². The summed E-state index contributed by atoms with van der Waals surface area (Å²) in [5.41, 5.74) is 0.481. The average Bonchev–Trinajstić information content (AvgIpc) is 3.20. The van der Waals surface area contributed by atoms with Crippen LogP contribution in [0.3, 0.4) is 0 Å². The Morgan fingerprint density at radius 3 is 2.37 bits per heavy atom. The van der Waals surface area contributed by atoms with Crippen molar-refractivity contribution >= 4 is 29.1 Å². The lowest BCUT2D eigenvalue weighted by Gasteiger charge is -2.35. The predicted octanol–water partition coefficient (Wildman–Crippen LogP) is 3.89. The Kier molecular flexibility index (Phi) is 10.6. The molecule has 0 spiro atoms. The molecule has 4 N–H and O–H groups in total. The molecule has 0 aliphatic carbocycles. The SMILES string of the molecule is C/C(=C\c1csc(C)n1)[C@@H]1C[C@H](O)[C@@H](C)CCC[C@H](C)[C@H](O)[C@@H](C)C(=O)C(C)(C)[C@@H](O)CC(=O)N1. The van der Waals surface area contributed by atoms with Crippen molar-refractivity contribution in [2.24, 2.45) is 23.2 Å². The molecule has 0 radical (unpaired) electrons. The summed E-state index contributed by atoms with van der Waals surface area (Å²) in [5.74, 6) is -1.39. The number of Topliss-reactive ketones (excluding diaryl/α,β-unsaturated/α-hetero) is 1. The molecule has 1 aromatic heterocycles. The van der Waals surface area contributed by atoms with Gasteiger partial charge in [0, 0.05) is 11.3 Å². The number of aliphatic hydroxyl groups excluding tert-OH is 3. The lowest BCUT2D eigenvalue weighted by atomic mass is 9.72. The zero-order valence-corrected chi connectivity index (χ0v) is 23.1. The molecule has 2 heterocycles. The fourth-order valence-electron chi connectivity index (χ4n) is 4.82. The van der Waals surface area contributed by atoms with Crippen molar-refractivity contribution in [3.8, 4) is 0 Å². The summed E-state index contributed by atoms with van der Waals surface area (Å²) in [5, 5.41) is 38.5. The summed E-state index contributed by atoms with van der Waals surface area (Å²) in [4.78, 5) is 30.7. The Bertz CT molecular complexity index is 896. The summed E-state index contributed by atoms with van der Waals surface area (Å²) in [6.45, 7) is 12.7. The van der Waals surface area contributed by atoms with Gasteiger partial charge in [-0.3, -0.25) is 9.59 Å². The second-order valence-electron chi connectivity index (χ2n) is 11.1. The molecule has 0 unspecified atom stereocenters. The minimum atomic E-state index is -1.21. The fourth-order valence-corrected chi connectivity index (χ4v) is 5.39. The zero-order chi connectivity index (χ0) is 26.5. The fraction of sp³-hybridized carbons (Fsp3) is 0.741. The highest BCUT2D eigenvalue weighted by Gasteiger charge is 2.42. The number of carbonyl (C=O) groups excluding carboxylic acids is 2. The number of hydrogen-bond acceptors (Lipinski definition) is 7. The molecule has 1 fully saturated rings. The van der Waals surface area contributed by atoms with Crippen molar-refractivity contribution in [1.82, 2.24) is 10.3 Å². The molecule has 1 aliphatic heterocycles. The van der Waals surface area contributed by atoms with Gasteiger partial charge in [-0.2, -0.15) is 0 Å². The molecular weight excluding hydrogens is 464 g/mol. The number of aromatic nitrogens is 1. The van der Waals surface area contributed by atoms with Crippen LogP contribution in [0.2, 0.25) is 0 Å². The van der Waals surface area contributed by atoms with Gasteiger partial charge in [-0.15, -0.1) is 11.3 Å². The molecule has 1 aliphatic rings. The van der Waals surface area contributed by atoms with E-state index in [1.807, 2.05) is 39.2 Å². The van der Waals surface area contributed by atoms with Crippen molar-refractivity contribution < 1.29 is 24.9 Å². The van der Waals surface area contributed by atoms with Gasteiger partial charge in [0.15, 0.2) is 0 Å². The molecule has 0 saturated carbocycles. The van der Waals surface area contributed by atoms with Crippen LogP contribution in [0.5, 0.6) is 0 Å². The van der Waals surface area contributed by atoms with Crippen LogP contribution in [-0.2, 0) is 9.59 Å². The molecule has 35 heavy (non-hydrogen) atoms. The van der Waals surface area contributed by atoms with Crippen LogP contribution in [0.15, 0.2) is 11.0 Å². The number of nitrogens with zero attached hydrogens (tertiary/aromatic N) is 1. The first-order valence-corrected chi connectivity index (χ1v) is 13.6. The normalized spacial score (nSPS) is 34.5. The van der Waals surface area contributed by atoms with Gasteiger partial charge >= 0.3 is 0 Å². The van der Waals surface area contributed by atoms with E-state index < -0.39 is 35.7 Å². The van der Waals surface area contributed by atoms with Gasteiger partial charge in [0.2, 0.25) is 5.91 Å². The third kappa shape index (κ3) is 7.94. The predicted molar refractivity (Wildman–Crippen MR) is 140 cm³/mol. The molecule has 7 atom stereocenters. The van der Waals surface area contributed by atoms with Crippen LogP contribution >= 0.6 is 11.3 Å². The maximum absolute atomic E-state index is 13.2. The van der Waals surface area contributed by atoms with Crippen LogP contribution in [0.25, 0.3) is 6.08 Å². The van der Waals surface area contributed by atoms with Crippen molar-refractivity contribution in [1.29, 1.82) is 0 Å². The zero-order valence-electron chi connectivity index (χ0n) is 22.2. The quantitative estimate of drug-likeness (QED) is 0.481. The van der Waals surface area contributed by atoms with Crippen LogP contribution in [0.1, 0.15) is 84.3 Å². The van der Waals surface area contributed by atoms with Gasteiger partial charge in [-0.05, 0) is 56.6 Å². The van der Waals surface area contributed by atoms with Crippen molar-refractivity contribution in [2.75, 3.05) is 0 Å². The third-order valence-electron chi connectivity index (χ3n) is 7.71. The molecule has 198 valence electrons. The number of ketones is 1. The highest BCUT2D eigenvalue weighted by atomic mass is 32.1. The molecule has 0 bridgehead atoms. The molecule has 1 amide bonds. The van der Waals surface area contributed by atoms with Gasteiger partial charge in [-0.25, -0.2) is 4.98 Å². The summed E-state index contributed by atoms with van der Waals surface area (Å²) < 4.78 is 0. The molecule has 2 rings (SSSR count). The number of thiazole rings is 1. The van der Waals surface area contributed by atoms with E-state index >= 15 is 0 Å². The number of nitrogens with one attached hydrogen (secondary N) is 1. The van der Waals surface area contributed by atoms with Gasteiger partial charge in [0.25, 0.3) is 0 Å². The Morgan fingerprint density at radius 1 is 1.14 bits per heavy atom. The topological polar surface area (TPSA) is 120 Å². The summed E-state index contributed by atoms with van der Waals surface area (Å²) in [7, 11) is 0. The number of amides is 1. The van der Waals surface area contributed by atoms with E-state index in [1.54, 1.807) is 32.1 Å². The smallest absolute Gasteiger partial charge is 0.223 e. The summed E-state index contributed by atoms with van der Waals surface area (Å²) in [6, 6.07) is -0.430. The Hall–Kier alpha value is -1.61. The standard InChI is InChI=1S/C27H44N2O5S/c1-15-9-8-10-16(2)25(33)18(4)26(34)27(6,7)23(31)13-24(32)29-21(12-22(15)30)17(3)11-20-14-35-19(5)28-20/h11,14-16,18,21-23,25,30-31,33H,8-10,12-13H2,1-7H3,(H,29,32)/b17-11+/t15-,16-,18+,21-,22-,23-,25-/m0/s1. The van der Waals surface area contributed by atoms with E-state index in [9.17, 15) is 24.9 Å². The first-order chi connectivity index (χ1) is 16.2. The summed E-state index contributed by atoms with van der Waals surface area (Å²) in [6.07, 6.45) is 1.67. The molecule has 8 heteroatoms. The van der Waals surface area contributed by atoms with E-state index in [2.05, 4.69) is 10.3 Å². The first-order valence-electron chi connectivity index (χ1n) is 12.7. The van der Waals surface area contributed by atoms with E-state index in [4.69, 9.17) is 0 Å². The number of carbonyl (C=O) groups is 2. The number of aryl methyl sites for hydroxylation is 1. The van der Waals surface area contributed by atoms with Crippen LogP contribution in [0, 0.1) is 30.1 Å². The lowest BCUT2D eigenvalue weighted by molar-refractivity contribution is -0.143. The summed E-state index contributed by atoms with van der Waals surface area (Å²) >= 11 is 1.55. The van der Waals surface area contributed by atoms with Gasteiger partial charge in [0.05, 0.1) is 46.9 Å². The minimum Gasteiger partial charge on any atom is -0.393 e. The Morgan fingerprint density at radius 2 is 1.77 bits per heavy atom. The van der Waals surface area contributed by atoms with Crippen LogP contribution < -0.4 is 5.32 Å². The molecule has 7 nitrogen and oxygen atoms in total. The third-order valence-corrected chi connectivity index (χ3v) is 8.50. The molecule has 1 aromatic rings. The van der Waals surface area contributed by atoms with Crippen LogP contribution in [0.4, 0.5) is 0 Å². The van der Waals surface area contributed by atoms with E-state index in [-0.39, 0.29) is 29.9 Å². The maximum Gasteiger partial charge on any atom is 0.223 e. The maximum atomic E-state index is 13.2. The van der Waals surface area contributed by atoms with Crippen LogP contribution in [-0.4, -0.2) is 56.3 Å². The number of rotatable bonds is 2. The second kappa shape index (κ2) is 12.6. The molecule has 1 saturated heterocycles. The minimum absolute atomic E-state index is 0.00421. The van der Waals surface area contributed by atoms with Crippen molar-refractivity contribution in [3.63, 3.8) is 0 Å². The second-order valence-corrected chi connectivity index (χ2v) is 12.1. The largest absolute Gasteiger partial charge is 0.393 e. The first kappa shape index (κ1) is 29.6. The highest BCUT2D eigenvalue weighted by Crippen LogP contribution is 2.32.